The lowest BCUT2D eigenvalue weighted by atomic mass is 10.2. The molecule has 2 heterocycles. The molecule has 0 unspecified atom stereocenters. The topological polar surface area (TPSA) is 92.1 Å². The molecule has 8 heteroatoms. The number of hydrogen-bond acceptors (Lipinski definition) is 5. The molecule has 1 fully saturated rings. The minimum atomic E-state index is -0.607. The predicted molar refractivity (Wildman–Crippen MR) is 94.5 cm³/mol. The summed E-state index contributed by atoms with van der Waals surface area (Å²) in [6.45, 7) is 5.23. The minimum absolute atomic E-state index is 0.199. The lowest BCUT2D eigenvalue weighted by Crippen LogP contribution is -2.53. The Morgan fingerprint density at radius 1 is 1.12 bits per heavy atom. The highest BCUT2D eigenvalue weighted by molar-refractivity contribution is 6.35. The van der Waals surface area contributed by atoms with Crippen molar-refractivity contribution in [3.05, 3.63) is 24.2 Å². The molecule has 1 aliphatic heterocycles. The first-order chi connectivity index (χ1) is 12.6. The zero-order valence-electron chi connectivity index (χ0n) is 15.2. The molecule has 2 rings (SSSR count). The maximum atomic E-state index is 12.2. The average molecular weight is 365 g/mol. The van der Waals surface area contributed by atoms with Crippen molar-refractivity contribution < 1.29 is 23.5 Å². The van der Waals surface area contributed by atoms with Crippen LogP contribution in [0.2, 0.25) is 0 Å². The van der Waals surface area contributed by atoms with Crippen molar-refractivity contribution in [1.82, 2.24) is 15.1 Å². The highest BCUT2D eigenvalue weighted by Gasteiger charge is 2.28. The summed E-state index contributed by atoms with van der Waals surface area (Å²) in [5, 5.41) is 2.62. The van der Waals surface area contributed by atoms with Crippen molar-refractivity contribution in [3.63, 3.8) is 0 Å². The highest BCUT2D eigenvalue weighted by atomic mass is 16.5. The molecular weight excluding hydrogens is 338 g/mol. The Morgan fingerprint density at radius 2 is 1.81 bits per heavy atom. The van der Waals surface area contributed by atoms with Crippen molar-refractivity contribution in [2.75, 3.05) is 45.9 Å². The number of ether oxygens (including phenoxy) is 1. The highest BCUT2D eigenvalue weighted by Crippen LogP contribution is 2.09. The molecule has 0 aliphatic carbocycles. The number of amides is 3. The number of piperazine rings is 1. The van der Waals surface area contributed by atoms with Gasteiger partial charge in [0.1, 0.15) is 0 Å². The molecule has 0 bridgehead atoms. The van der Waals surface area contributed by atoms with Crippen LogP contribution in [0.5, 0.6) is 0 Å². The van der Waals surface area contributed by atoms with Crippen LogP contribution < -0.4 is 5.32 Å². The van der Waals surface area contributed by atoms with Gasteiger partial charge in [-0.05, 0) is 25.0 Å². The molecule has 144 valence electrons. The molecule has 1 saturated heterocycles. The smallest absolute Gasteiger partial charge is 0.312 e. The first kappa shape index (κ1) is 20.0. The summed E-state index contributed by atoms with van der Waals surface area (Å²) in [6.07, 6.45) is 4.24. The fraction of sp³-hybridized carbons (Fsp3) is 0.611. The van der Waals surface area contributed by atoms with E-state index in [4.69, 9.17) is 9.15 Å². The molecule has 1 N–H and O–H groups in total. The van der Waals surface area contributed by atoms with Crippen LogP contribution in [-0.4, -0.2) is 73.5 Å². The molecule has 0 atom stereocenters. The molecule has 3 amide bonds. The molecule has 0 saturated carbocycles. The van der Waals surface area contributed by atoms with Gasteiger partial charge in [0.2, 0.25) is 0 Å². The molecule has 0 spiro atoms. The number of nitrogens with zero attached hydrogens (tertiary/aromatic N) is 2. The van der Waals surface area contributed by atoms with Gasteiger partial charge in [0.15, 0.2) is 5.76 Å². The van der Waals surface area contributed by atoms with E-state index in [1.807, 2.05) is 0 Å². The van der Waals surface area contributed by atoms with Crippen LogP contribution in [0.1, 0.15) is 36.7 Å². The van der Waals surface area contributed by atoms with Crippen molar-refractivity contribution in [3.8, 4) is 0 Å². The van der Waals surface area contributed by atoms with Gasteiger partial charge in [0.25, 0.3) is 5.91 Å². The van der Waals surface area contributed by atoms with Gasteiger partial charge >= 0.3 is 11.8 Å². The summed E-state index contributed by atoms with van der Waals surface area (Å²) >= 11 is 0. The van der Waals surface area contributed by atoms with E-state index in [0.717, 1.165) is 19.4 Å². The maximum Gasteiger partial charge on any atom is 0.312 e. The Balaban J connectivity index is 1.64. The summed E-state index contributed by atoms with van der Waals surface area (Å²) in [5.41, 5.74) is 0. The quantitative estimate of drug-likeness (QED) is 0.546. The number of rotatable bonds is 8. The number of unbranched alkanes of at least 4 members (excludes halogenated alkanes) is 1. The second-order valence-electron chi connectivity index (χ2n) is 6.14. The van der Waals surface area contributed by atoms with Crippen molar-refractivity contribution in [2.45, 2.75) is 26.2 Å². The molecule has 1 aliphatic rings. The van der Waals surface area contributed by atoms with Crippen LogP contribution in [0.4, 0.5) is 0 Å². The van der Waals surface area contributed by atoms with Gasteiger partial charge in [-0.1, -0.05) is 13.3 Å². The van der Waals surface area contributed by atoms with E-state index in [1.54, 1.807) is 17.0 Å². The van der Waals surface area contributed by atoms with E-state index >= 15 is 0 Å². The summed E-state index contributed by atoms with van der Waals surface area (Å²) in [7, 11) is 0. The SMILES string of the molecule is CCCCOCCCNC(=O)C(=O)N1CCN(C(=O)c2ccco2)CC1. The van der Waals surface area contributed by atoms with Crippen molar-refractivity contribution in [2.24, 2.45) is 0 Å². The number of carbonyl (C=O) groups excluding carboxylic acids is 3. The number of nitrogens with one attached hydrogen (secondary N) is 1. The summed E-state index contributed by atoms with van der Waals surface area (Å²) < 4.78 is 10.5. The van der Waals surface area contributed by atoms with Crippen LogP contribution in [0.3, 0.4) is 0 Å². The fourth-order valence-electron chi connectivity index (χ4n) is 2.61. The molecule has 26 heavy (non-hydrogen) atoms. The predicted octanol–water partition coefficient (Wildman–Crippen LogP) is 0.887. The monoisotopic (exact) mass is 365 g/mol. The molecule has 8 nitrogen and oxygen atoms in total. The summed E-state index contributed by atoms with van der Waals surface area (Å²) in [4.78, 5) is 39.4. The van der Waals surface area contributed by atoms with Gasteiger partial charge in [-0.3, -0.25) is 14.4 Å². The van der Waals surface area contributed by atoms with Gasteiger partial charge in [-0.15, -0.1) is 0 Å². The minimum Gasteiger partial charge on any atom is -0.459 e. The van der Waals surface area contributed by atoms with Crippen LogP contribution in [0.25, 0.3) is 0 Å². The number of carbonyl (C=O) groups is 3. The second kappa shape index (κ2) is 10.6. The molecule has 1 aromatic heterocycles. The van der Waals surface area contributed by atoms with Crippen LogP contribution in [0.15, 0.2) is 22.8 Å². The van der Waals surface area contributed by atoms with Gasteiger partial charge in [0, 0.05) is 45.9 Å². The lowest BCUT2D eigenvalue weighted by Gasteiger charge is -2.33. The normalized spacial score (nSPS) is 14.3. The summed E-state index contributed by atoms with van der Waals surface area (Å²) in [6, 6.07) is 3.27. The largest absolute Gasteiger partial charge is 0.459 e. The van der Waals surface area contributed by atoms with Crippen LogP contribution in [-0.2, 0) is 14.3 Å². The Labute approximate surface area is 153 Å². The first-order valence-corrected chi connectivity index (χ1v) is 9.11. The molecule has 1 aromatic rings. The standard InChI is InChI=1S/C18H27N3O5/c1-2-3-12-25-13-5-7-19-16(22)18(24)21-10-8-20(9-11-21)17(23)15-6-4-14-26-15/h4,6,14H,2-3,5,7-13H2,1H3,(H,19,22). The maximum absolute atomic E-state index is 12.2. The van der Waals surface area contributed by atoms with E-state index in [0.29, 0.717) is 45.8 Å². The Hall–Kier alpha value is -2.35. The first-order valence-electron chi connectivity index (χ1n) is 9.11. The third-order valence-corrected chi connectivity index (χ3v) is 4.17. The van der Waals surface area contributed by atoms with Crippen molar-refractivity contribution >= 4 is 17.7 Å². The Morgan fingerprint density at radius 3 is 2.46 bits per heavy atom. The fourth-order valence-corrected chi connectivity index (χ4v) is 2.61. The van der Waals surface area contributed by atoms with Crippen LogP contribution in [0, 0.1) is 0 Å². The molecule has 0 aromatic carbocycles. The number of hydrogen-bond donors (Lipinski definition) is 1. The van der Waals surface area contributed by atoms with E-state index < -0.39 is 11.8 Å². The summed E-state index contributed by atoms with van der Waals surface area (Å²) in [5.74, 6) is -1.08. The van der Waals surface area contributed by atoms with Crippen molar-refractivity contribution in [1.29, 1.82) is 0 Å². The third-order valence-electron chi connectivity index (χ3n) is 4.17. The zero-order valence-corrected chi connectivity index (χ0v) is 15.2. The zero-order chi connectivity index (χ0) is 18.8. The Kier molecular flexibility index (Phi) is 8.14. The lowest BCUT2D eigenvalue weighted by molar-refractivity contribution is -0.146. The number of furan rings is 1. The third kappa shape index (κ3) is 5.87. The van der Waals surface area contributed by atoms with Gasteiger partial charge in [-0.2, -0.15) is 0 Å². The second-order valence-corrected chi connectivity index (χ2v) is 6.14. The van der Waals surface area contributed by atoms with E-state index in [2.05, 4.69) is 12.2 Å². The average Bonchev–Trinajstić information content (AvgIpc) is 3.21. The van der Waals surface area contributed by atoms with Gasteiger partial charge in [0.05, 0.1) is 6.26 Å². The van der Waals surface area contributed by atoms with Gasteiger partial charge < -0.3 is 24.3 Å². The Bertz CT molecular complexity index is 580. The molecule has 0 radical (unpaired) electrons. The van der Waals surface area contributed by atoms with E-state index in [9.17, 15) is 14.4 Å². The van der Waals surface area contributed by atoms with Gasteiger partial charge in [-0.25, -0.2) is 0 Å². The molecular formula is C18H27N3O5. The van der Waals surface area contributed by atoms with E-state index in [1.165, 1.54) is 11.2 Å². The van der Waals surface area contributed by atoms with E-state index in [-0.39, 0.29) is 11.7 Å². The van der Waals surface area contributed by atoms with Crippen LogP contribution >= 0.6 is 0 Å².